The third-order valence-corrected chi connectivity index (χ3v) is 2.97. The van der Waals surface area contributed by atoms with Gasteiger partial charge in [0, 0.05) is 12.7 Å². The Morgan fingerprint density at radius 2 is 1.95 bits per heavy atom. The summed E-state index contributed by atoms with van der Waals surface area (Å²) in [5, 5.41) is 0. The van der Waals surface area contributed by atoms with E-state index < -0.39 is 6.04 Å². The monoisotopic (exact) mass is 321 g/mol. The largest absolute Gasteiger partial charge is 0.336 e. The van der Waals surface area contributed by atoms with Crippen molar-refractivity contribution in [2.24, 2.45) is 11.1 Å². The molecule has 0 radical (unpaired) electrons. The summed E-state index contributed by atoms with van der Waals surface area (Å²) in [6, 6.07) is 5.21. The number of halogens is 2. The number of nitrogens with zero attached hydrogens (tertiary/aromatic N) is 2. The summed E-state index contributed by atoms with van der Waals surface area (Å²) in [7, 11) is 0. The van der Waals surface area contributed by atoms with Crippen molar-refractivity contribution >= 4 is 30.7 Å². The number of rotatable bonds is 4. The van der Waals surface area contributed by atoms with Gasteiger partial charge in [0.25, 0.3) is 0 Å². The molecule has 0 aromatic carbocycles. The van der Waals surface area contributed by atoms with E-state index in [2.05, 4.69) is 4.98 Å². The van der Waals surface area contributed by atoms with Gasteiger partial charge in [0.15, 0.2) is 0 Å². The molecule has 0 aliphatic rings. The maximum Gasteiger partial charge on any atom is 0.240 e. The highest BCUT2D eigenvalue weighted by molar-refractivity contribution is 5.85. The molecule has 0 saturated heterocycles. The van der Waals surface area contributed by atoms with Crippen LogP contribution in [0.3, 0.4) is 0 Å². The SMILES string of the molecule is CCN(Cc1ccccn1)C(=O)[C@@H](N)C(C)(C)C.Cl.Cl. The van der Waals surface area contributed by atoms with Crippen molar-refractivity contribution in [2.45, 2.75) is 40.3 Å². The van der Waals surface area contributed by atoms with Gasteiger partial charge in [0.05, 0.1) is 18.3 Å². The minimum Gasteiger partial charge on any atom is -0.336 e. The minimum absolute atomic E-state index is 0. The van der Waals surface area contributed by atoms with Crippen LogP contribution in [0.4, 0.5) is 0 Å². The molecular formula is C14H25Cl2N3O. The summed E-state index contributed by atoms with van der Waals surface area (Å²) in [5.74, 6) is -0.0179. The second-order valence-electron chi connectivity index (χ2n) is 5.52. The van der Waals surface area contributed by atoms with Crippen LogP contribution in [0.1, 0.15) is 33.4 Å². The number of aromatic nitrogens is 1. The number of carbonyl (C=O) groups is 1. The zero-order chi connectivity index (χ0) is 13.8. The summed E-state index contributed by atoms with van der Waals surface area (Å²) in [4.78, 5) is 18.3. The summed E-state index contributed by atoms with van der Waals surface area (Å²) in [6.07, 6.45) is 1.73. The van der Waals surface area contributed by atoms with Crippen LogP contribution >= 0.6 is 24.8 Å². The van der Waals surface area contributed by atoms with Gasteiger partial charge in [-0.15, -0.1) is 24.8 Å². The lowest BCUT2D eigenvalue weighted by Crippen LogP contribution is -2.50. The topological polar surface area (TPSA) is 59.2 Å². The fourth-order valence-corrected chi connectivity index (χ4v) is 1.60. The van der Waals surface area contributed by atoms with Crippen molar-refractivity contribution in [3.8, 4) is 0 Å². The summed E-state index contributed by atoms with van der Waals surface area (Å²) >= 11 is 0. The first-order chi connectivity index (χ1) is 8.36. The summed E-state index contributed by atoms with van der Waals surface area (Å²) in [5.41, 5.74) is 6.67. The number of amides is 1. The quantitative estimate of drug-likeness (QED) is 0.927. The van der Waals surface area contributed by atoms with E-state index in [1.807, 2.05) is 45.9 Å². The van der Waals surface area contributed by atoms with Gasteiger partial charge in [-0.05, 0) is 24.5 Å². The van der Waals surface area contributed by atoms with Gasteiger partial charge < -0.3 is 10.6 Å². The molecule has 1 rings (SSSR count). The van der Waals surface area contributed by atoms with Gasteiger partial charge in [0.1, 0.15) is 0 Å². The first-order valence-corrected chi connectivity index (χ1v) is 6.30. The van der Waals surface area contributed by atoms with Crippen LogP contribution in [-0.2, 0) is 11.3 Å². The fourth-order valence-electron chi connectivity index (χ4n) is 1.60. The Kier molecular flexibility index (Phi) is 9.83. The number of hydrogen-bond acceptors (Lipinski definition) is 3. The predicted molar refractivity (Wildman–Crippen MR) is 87.3 cm³/mol. The predicted octanol–water partition coefficient (Wildman–Crippen LogP) is 2.65. The number of carbonyl (C=O) groups excluding carboxylic acids is 1. The number of hydrogen-bond donors (Lipinski definition) is 1. The molecular weight excluding hydrogens is 297 g/mol. The van der Waals surface area contributed by atoms with Gasteiger partial charge in [-0.1, -0.05) is 26.8 Å². The van der Waals surface area contributed by atoms with Gasteiger partial charge in [-0.3, -0.25) is 9.78 Å². The highest BCUT2D eigenvalue weighted by Crippen LogP contribution is 2.19. The van der Waals surface area contributed by atoms with E-state index in [-0.39, 0.29) is 36.1 Å². The Labute approximate surface area is 134 Å². The first kappa shape index (κ1) is 21.5. The molecule has 20 heavy (non-hydrogen) atoms. The molecule has 0 saturated carbocycles. The van der Waals surface area contributed by atoms with Crippen LogP contribution < -0.4 is 5.73 Å². The van der Waals surface area contributed by atoms with Crippen LogP contribution in [0.5, 0.6) is 0 Å². The van der Waals surface area contributed by atoms with Gasteiger partial charge in [0.2, 0.25) is 5.91 Å². The molecule has 2 N–H and O–H groups in total. The van der Waals surface area contributed by atoms with Gasteiger partial charge in [-0.2, -0.15) is 0 Å². The molecule has 0 bridgehead atoms. The molecule has 1 aromatic rings. The molecule has 0 aliphatic heterocycles. The zero-order valence-electron chi connectivity index (χ0n) is 12.5. The molecule has 4 nitrogen and oxygen atoms in total. The Morgan fingerprint density at radius 3 is 2.35 bits per heavy atom. The maximum absolute atomic E-state index is 12.3. The number of likely N-dealkylation sites (N-methyl/N-ethyl adjacent to an activating group) is 1. The van der Waals surface area contributed by atoms with Crippen molar-refractivity contribution in [1.29, 1.82) is 0 Å². The Bertz CT molecular complexity index is 393. The van der Waals surface area contributed by atoms with Crippen molar-refractivity contribution in [2.75, 3.05) is 6.54 Å². The highest BCUT2D eigenvalue weighted by atomic mass is 35.5. The standard InChI is InChI=1S/C14H23N3O.2ClH/c1-5-17(10-11-8-6-7-9-16-11)13(18)12(15)14(2,3)4;;/h6-9,12H,5,10,15H2,1-4H3;2*1H/t12-;;/m1../s1. The normalized spacial score (nSPS) is 11.8. The summed E-state index contributed by atoms with van der Waals surface area (Å²) < 4.78 is 0. The molecule has 116 valence electrons. The maximum atomic E-state index is 12.3. The molecule has 0 spiro atoms. The van der Waals surface area contributed by atoms with E-state index in [0.29, 0.717) is 13.1 Å². The third kappa shape index (κ3) is 6.07. The van der Waals surface area contributed by atoms with Crippen LogP contribution in [-0.4, -0.2) is 28.4 Å². The van der Waals surface area contributed by atoms with E-state index in [4.69, 9.17) is 5.73 Å². The van der Waals surface area contributed by atoms with Gasteiger partial charge >= 0.3 is 0 Å². The average Bonchev–Trinajstić information content (AvgIpc) is 2.34. The molecule has 6 heteroatoms. The fraction of sp³-hybridized carbons (Fsp3) is 0.571. The molecule has 0 unspecified atom stereocenters. The van der Waals surface area contributed by atoms with Crippen LogP contribution in [0.2, 0.25) is 0 Å². The molecule has 1 heterocycles. The van der Waals surface area contributed by atoms with Crippen LogP contribution in [0, 0.1) is 5.41 Å². The minimum atomic E-state index is -0.485. The Morgan fingerprint density at radius 1 is 1.35 bits per heavy atom. The van der Waals surface area contributed by atoms with Crippen molar-refractivity contribution in [1.82, 2.24) is 9.88 Å². The average molecular weight is 322 g/mol. The molecule has 1 atom stereocenters. The van der Waals surface area contributed by atoms with E-state index >= 15 is 0 Å². The summed E-state index contributed by atoms with van der Waals surface area (Å²) in [6.45, 7) is 9.04. The Balaban J connectivity index is 0. The zero-order valence-corrected chi connectivity index (χ0v) is 14.1. The second kappa shape index (κ2) is 9.16. The van der Waals surface area contributed by atoms with E-state index in [9.17, 15) is 4.79 Å². The van der Waals surface area contributed by atoms with Crippen molar-refractivity contribution in [3.63, 3.8) is 0 Å². The number of nitrogens with two attached hydrogens (primary N) is 1. The van der Waals surface area contributed by atoms with E-state index in [1.54, 1.807) is 11.1 Å². The third-order valence-electron chi connectivity index (χ3n) is 2.97. The molecule has 1 aromatic heterocycles. The molecule has 0 fully saturated rings. The van der Waals surface area contributed by atoms with E-state index in [1.165, 1.54) is 0 Å². The highest BCUT2D eigenvalue weighted by Gasteiger charge is 2.30. The lowest BCUT2D eigenvalue weighted by atomic mass is 9.86. The van der Waals surface area contributed by atoms with Gasteiger partial charge in [-0.25, -0.2) is 0 Å². The van der Waals surface area contributed by atoms with Crippen LogP contribution in [0.15, 0.2) is 24.4 Å². The lowest BCUT2D eigenvalue weighted by Gasteiger charge is -2.31. The smallest absolute Gasteiger partial charge is 0.240 e. The second-order valence-corrected chi connectivity index (χ2v) is 5.52. The lowest BCUT2D eigenvalue weighted by molar-refractivity contribution is -0.135. The Hall–Kier alpha value is -0.840. The molecule has 0 aliphatic carbocycles. The van der Waals surface area contributed by atoms with Crippen molar-refractivity contribution in [3.05, 3.63) is 30.1 Å². The number of pyridine rings is 1. The van der Waals surface area contributed by atoms with Crippen LogP contribution in [0.25, 0.3) is 0 Å². The molecule has 1 amide bonds. The van der Waals surface area contributed by atoms with E-state index in [0.717, 1.165) is 5.69 Å². The van der Waals surface area contributed by atoms with Crippen molar-refractivity contribution < 1.29 is 4.79 Å². The first-order valence-electron chi connectivity index (χ1n) is 6.30.